The van der Waals surface area contributed by atoms with Crippen molar-refractivity contribution >= 4 is 29.6 Å². The number of halogens is 6. The molecule has 2 radical (unpaired) electrons. The lowest BCUT2D eigenvalue weighted by Gasteiger charge is -2.34. The van der Waals surface area contributed by atoms with Crippen LogP contribution in [0, 0.1) is 40.9 Å². The molecule has 2 aromatic carbocycles. The Morgan fingerprint density at radius 3 is 1.68 bits per heavy atom. The Labute approximate surface area is 469 Å². The van der Waals surface area contributed by atoms with Crippen LogP contribution in [0.25, 0.3) is 22.4 Å². The largest absolute Gasteiger partial charge is 0.418 e. The number of nitrogens with zero attached hydrogens (tertiary/aromatic N) is 14. The molecule has 5 fully saturated rings. The van der Waals surface area contributed by atoms with E-state index in [1.54, 1.807) is 49.0 Å². The van der Waals surface area contributed by atoms with Gasteiger partial charge in [0, 0.05) is 64.4 Å². The van der Waals surface area contributed by atoms with Crippen LogP contribution in [-0.4, -0.2) is 101 Å². The molecule has 2 atom stereocenters. The Bertz CT molecular complexity index is 3750. The molecule has 0 unspecified atom stereocenters. The van der Waals surface area contributed by atoms with Crippen molar-refractivity contribution in [2.75, 3.05) is 40.8 Å². The average Bonchev–Trinajstić information content (AvgIpc) is 4.22. The first kappa shape index (κ1) is 56.3. The lowest BCUT2D eigenvalue weighted by molar-refractivity contribution is -0.480. The molecule has 3 saturated carbocycles. The molecule has 23 heteroatoms. The highest BCUT2D eigenvalue weighted by Gasteiger charge is 2.48. The summed E-state index contributed by atoms with van der Waals surface area (Å²) >= 11 is 0. The molecule has 8 heterocycles. The van der Waals surface area contributed by atoms with E-state index in [0.29, 0.717) is 59.3 Å². The maximum absolute atomic E-state index is 14.3. The van der Waals surface area contributed by atoms with E-state index < -0.39 is 34.9 Å². The molecular formula is C59H64F6N14O3+2. The fourth-order valence-electron chi connectivity index (χ4n) is 12.4. The van der Waals surface area contributed by atoms with Crippen LogP contribution >= 0.6 is 0 Å². The number of hydrogen-bond donors (Lipinski definition) is 0. The van der Waals surface area contributed by atoms with Gasteiger partial charge in [0.25, 0.3) is 0 Å². The number of benzene rings is 2. The molecule has 1 spiro atoms. The first-order valence-corrected chi connectivity index (χ1v) is 28.0. The van der Waals surface area contributed by atoms with Crippen LogP contribution in [0.15, 0.2) is 109 Å². The van der Waals surface area contributed by atoms with E-state index >= 15 is 0 Å². The standard InChI is InChI=1S/C30H30F3N7O.C27H28F3N7O2.C2H6/c1-37-18-35-36-27(37)26(21-3-2-4-21)22-9-19(13-34)10-23(12-22)39-16-25-24(30(31,32)33)11-20(15-40(25)28(39)41)14-38-8-7-29(17-38)5-6-29;1-33-16-31-32-25(33)24(18-5-3-6-18)19-7-4-8-20(12-19)36-15-22-21(27(28,29)30)11-17(14-37(22)26(36)39)13-35-10-9-23(38)34(35)2;1-2/h9-12,15-16,18,21,26H,2-8,14,17H2,1H3;4,7-8,11-12,14-16,18,24H,3,5-6,9-10,13H2,1-2H3;1-2H3/q2*+1;/t26-;24-;/m01./s1. The van der Waals surface area contributed by atoms with E-state index in [1.165, 1.54) is 57.8 Å². The van der Waals surface area contributed by atoms with E-state index in [2.05, 4.69) is 31.4 Å². The molecule has 428 valence electrons. The number of aromatic nitrogens is 4. The predicted octanol–water partition coefficient (Wildman–Crippen LogP) is 10.7. The number of fused-ring (bicyclic) bond motifs is 2. The second kappa shape index (κ2) is 22.0. The number of likely N-dealkylation sites (N-methyl/N-ethyl adjacent to an activating group) is 2. The van der Waals surface area contributed by atoms with Gasteiger partial charge in [-0.1, -0.05) is 38.8 Å². The second-order valence-corrected chi connectivity index (χ2v) is 22.6. The summed E-state index contributed by atoms with van der Waals surface area (Å²) in [6, 6.07) is 16.9. The van der Waals surface area contributed by atoms with E-state index in [-0.39, 0.29) is 40.9 Å². The Morgan fingerprint density at radius 1 is 0.683 bits per heavy atom. The fourth-order valence-corrected chi connectivity index (χ4v) is 12.4. The molecule has 4 aliphatic heterocycles. The molecule has 0 N–H and O–H groups in total. The second-order valence-electron chi connectivity index (χ2n) is 22.6. The number of carbonyl (C=O) groups excluding carboxylic acids is 1. The van der Waals surface area contributed by atoms with Crippen LogP contribution in [0.1, 0.15) is 129 Å². The first-order valence-electron chi connectivity index (χ1n) is 28.0. The number of carbonyl (C=O) groups is 1. The zero-order chi connectivity index (χ0) is 58.0. The first-order chi connectivity index (χ1) is 39.3. The number of hydrogen-bond acceptors (Lipinski definition) is 10. The van der Waals surface area contributed by atoms with Gasteiger partial charge in [0.15, 0.2) is 0 Å². The minimum absolute atomic E-state index is 0.0311. The summed E-state index contributed by atoms with van der Waals surface area (Å²) in [7, 11) is 5.35. The summed E-state index contributed by atoms with van der Waals surface area (Å²) < 4.78 is 93.8. The fraction of sp³-hybridized carbons (Fsp3) is 0.458. The van der Waals surface area contributed by atoms with Crippen LogP contribution in [0.5, 0.6) is 0 Å². The van der Waals surface area contributed by atoms with Crippen molar-refractivity contribution in [1.82, 2.24) is 32.9 Å². The number of azo groups is 2. The van der Waals surface area contributed by atoms with Gasteiger partial charge in [-0.05, 0) is 144 Å². The van der Waals surface area contributed by atoms with Gasteiger partial charge in [-0.25, -0.2) is 23.7 Å². The quantitative estimate of drug-likeness (QED) is 0.0876. The minimum atomic E-state index is -4.67. The maximum atomic E-state index is 14.3. The van der Waals surface area contributed by atoms with E-state index in [9.17, 15) is 46.0 Å². The highest BCUT2D eigenvalue weighted by Crippen LogP contribution is 2.53. The third-order valence-corrected chi connectivity index (χ3v) is 17.4. The van der Waals surface area contributed by atoms with E-state index in [4.69, 9.17) is 0 Å². The van der Waals surface area contributed by atoms with Crippen molar-refractivity contribution in [2.45, 2.75) is 115 Å². The van der Waals surface area contributed by atoms with Gasteiger partial charge >= 0.3 is 48.7 Å². The third-order valence-electron chi connectivity index (χ3n) is 17.4. The van der Waals surface area contributed by atoms with Gasteiger partial charge in [-0.15, -0.1) is 0 Å². The summed E-state index contributed by atoms with van der Waals surface area (Å²) in [5, 5.41) is 29.7. The van der Waals surface area contributed by atoms with Gasteiger partial charge < -0.3 is 0 Å². The molecular weight excluding hydrogens is 1070 g/mol. The summed E-state index contributed by atoms with van der Waals surface area (Å²) in [6.07, 6.45) is 11.1. The third kappa shape index (κ3) is 10.7. The summed E-state index contributed by atoms with van der Waals surface area (Å²) in [5.74, 6) is 0.393. The Kier molecular flexibility index (Phi) is 15.1. The number of alkyl halides is 6. The molecule has 82 heavy (non-hydrogen) atoms. The molecule has 6 aromatic rings. The molecule has 13 rings (SSSR count). The van der Waals surface area contributed by atoms with Crippen LogP contribution in [0.3, 0.4) is 0 Å². The zero-order valence-corrected chi connectivity index (χ0v) is 46.3. The molecule has 7 aliphatic rings. The lowest BCUT2D eigenvalue weighted by atomic mass is 9.71. The molecule has 1 amide bonds. The minimum Gasteiger partial charge on any atom is -0.298 e. The topological polar surface area (TPSA) is 159 Å². The van der Waals surface area contributed by atoms with Crippen LogP contribution < -0.4 is 11.4 Å². The molecule has 3 aliphatic carbocycles. The average molecular weight is 1130 g/mol. The number of nitriles is 1. The van der Waals surface area contributed by atoms with Crippen molar-refractivity contribution in [3.63, 3.8) is 0 Å². The van der Waals surface area contributed by atoms with Crippen molar-refractivity contribution in [3.8, 4) is 17.4 Å². The number of rotatable bonds is 12. The Morgan fingerprint density at radius 2 is 1.22 bits per heavy atom. The lowest BCUT2D eigenvalue weighted by Crippen LogP contribution is -2.35. The van der Waals surface area contributed by atoms with Gasteiger partial charge in [-0.2, -0.15) is 31.6 Å². The van der Waals surface area contributed by atoms with Gasteiger partial charge in [0.05, 0.1) is 81.3 Å². The molecule has 4 aromatic heterocycles. The van der Waals surface area contributed by atoms with Crippen molar-refractivity contribution < 1.29 is 40.3 Å². The molecule has 17 nitrogen and oxygen atoms in total. The Hall–Kier alpha value is -7.58. The summed E-state index contributed by atoms with van der Waals surface area (Å²) in [4.78, 5) is 41.3. The SMILES string of the molecule is CC.CN1C(=O)CCN1Cc1cc(C(F)(F)F)c2cn(-c3cccc([C@H]([C]4N=NC=[N+]4C)C4CCC4)c3)c(=O)n2c1.C[N+]1=CN=N[C]1[C@H](c1cc(C#N)cc(-n2cc3c(C(F)(F)F)cc(CN4CCC5(CC5)C4)cn3c2=O)c1)C1CCC1. The van der Waals surface area contributed by atoms with Gasteiger partial charge in [0.2, 0.25) is 5.91 Å². The number of imidazole rings is 2. The number of amides is 1. The van der Waals surface area contributed by atoms with Crippen LogP contribution in [0.4, 0.5) is 26.3 Å². The van der Waals surface area contributed by atoms with Gasteiger partial charge in [-0.3, -0.25) is 32.6 Å². The number of pyridine rings is 2. The van der Waals surface area contributed by atoms with Crippen molar-refractivity contribution in [3.05, 3.63) is 152 Å². The highest BCUT2D eigenvalue weighted by molar-refractivity contribution is 5.77. The van der Waals surface area contributed by atoms with E-state index in [1.807, 2.05) is 55.3 Å². The molecule has 0 bridgehead atoms. The van der Waals surface area contributed by atoms with E-state index in [0.717, 1.165) is 96.4 Å². The van der Waals surface area contributed by atoms with Crippen molar-refractivity contribution in [2.24, 2.45) is 37.7 Å². The number of likely N-dealkylation sites (tertiary alicyclic amines) is 1. The highest BCUT2D eigenvalue weighted by atomic mass is 19.4. The summed E-state index contributed by atoms with van der Waals surface area (Å²) in [6.45, 7) is 6.60. The number of hydrazine groups is 1. The predicted molar refractivity (Wildman–Crippen MR) is 292 cm³/mol. The van der Waals surface area contributed by atoms with Crippen LogP contribution in [0.2, 0.25) is 0 Å². The summed E-state index contributed by atoms with van der Waals surface area (Å²) in [5.41, 5.74) is 0.613. The van der Waals surface area contributed by atoms with Crippen LogP contribution in [-0.2, 0) is 30.2 Å². The monoisotopic (exact) mass is 1130 g/mol. The Balaban J connectivity index is 0.000000167. The smallest absolute Gasteiger partial charge is 0.298 e. The normalized spacial score (nSPS) is 20.2. The zero-order valence-electron chi connectivity index (χ0n) is 46.3. The van der Waals surface area contributed by atoms with Gasteiger partial charge in [0.1, 0.15) is 0 Å². The maximum Gasteiger partial charge on any atom is 0.418 e. The molecule has 2 saturated heterocycles. The van der Waals surface area contributed by atoms with Crippen molar-refractivity contribution in [1.29, 1.82) is 5.26 Å².